The molecular weight excluding hydrogens is 243 g/mol. The summed E-state index contributed by atoms with van der Waals surface area (Å²) in [6, 6.07) is -1.23. The molecule has 0 radical (unpaired) electrons. The molecule has 0 aliphatic heterocycles. The summed E-state index contributed by atoms with van der Waals surface area (Å²) in [5.41, 5.74) is 0. The van der Waals surface area contributed by atoms with E-state index in [0.29, 0.717) is 0 Å². The van der Waals surface area contributed by atoms with Crippen molar-refractivity contribution in [2.24, 2.45) is 0 Å². The minimum absolute atomic E-state index is 0.00356. The average molecular weight is 257 g/mol. The van der Waals surface area contributed by atoms with Crippen LogP contribution in [0.2, 0.25) is 0 Å². The second kappa shape index (κ2) is 7.10. The Balaban J connectivity index is 4.08. The number of ether oxygens (including phenoxy) is 1. The van der Waals surface area contributed by atoms with E-state index in [0.717, 1.165) is 0 Å². The highest BCUT2D eigenvalue weighted by Crippen LogP contribution is 2.21. The Kier molecular flexibility index (Phi) is 6.55. The maximum atomic E-state index is 11.8. The van der Waals surface area contributed by atoms with Crippen LogP contribution >= 0.6 is 0 Å². The lowest BCUT2D eigenvalue weighted by molar-refractivity contribution is -0.147. The monoisotopic (exact) mass is 257 g/mol. The lowest BCUT2D eigenvalue weighted by Crippen LogP contribution is -2.41. The molecule has 0 rings (SSSR count). The van der Waals surface area contributed by atoms with Crippen molar-refractivity contribution >= 4 is 11.9 Å². The first kappa shape index (κ1) is 15.7. The maximum absolute atomic E-state index is 11.8. The Morgan fingerprint density at radius 1 is 1.41 bits per heavy atom. The number of carbonyl (C=O) groups is 2. The minimum atomic E-state index is -4.43. The summed E-state index contributed by atoms with van der Waals surface area (Å²) < 4.78 is 40.0. The highest BCUT2D eigenvalue weighted by Gasteiger charge is 2.29. The zero-order chi connectivity index (χ0) is 13.5. The van der Waals surface area contributed by atoms with E-state index < -0.39 is 36.9 Å². The zero-order valence-electron chi connectivity index (χ0n) is 9.21. The van der Waals surface area contributed by atoms with E-state index in [1.165, 1.54) is 7.11 Å². The number of aliphatic carboxylic acids is 1. The summed E-state index contributed by atoms with van der Waals surface area (Å²) in [4.78, 5) is 21.7. The van der Waals surface area contributed by atoms with Gasteiger partial charge in [-0.1, -0.05) is 0 Å². The predicted octanol–water partition coefficient (Wildman–Crippen LogP) is 0.935. The van der Waals surface area contributed by atoms with Crippen molar-refractivity contribution in [2.45, 2.75) is 31.5 Å². The van der Waals surface area contributed by atoms with Crippen molar-refractivity contribution in [3.8, 4) is 0 Å². The molecule has 0 saturated carbocycles. The molecular formula is C9H14F3NO4. The molecule has 0 bridgehead atoms. The van der Waals surface area contributed by atoms with Gasteiger partial charge in [-0.2, -0.15) is 13.2 Å². The fourth-order valence-electron chi connectivity index (χ4n) is 1.01. The summed E-state index contributed by atoms with van der Waals surface area (Å²) in [7, 11) is 1.35. The van der Waals surface area contributed by atoms with Crippen molar-refractivity contribution in [3.05, 3.63) is 0 Å². The molecule has 0 aliphatic rings. The van der Waals surface area contributed by atoms with Crippen molar-refractivity contribution in [1.29, 1.82) is 0 Å². The number of alkyl halides is 3. The molecule has 1 atom stereocenters. The van der Waals surface area contributed by atoms with Crippen LogP contribution in [0.3, 0.4) is 0 Å². The summed E-state index contributed by atoms with van der Waals surface area (Å²) >= 11 is 0. The molecule has 0 spiro atoms. The van der Waals surface area contributed by atoms with E-state index in [1.54, 1.807) is 0 Å². The number of amides is 1. The highest BCUT2D eigenvalue weighted by atomic mass is 19.4. The van der Waals surface area contributed by atoms with Gasteiger partial charge in [0.2, 0.25) is 5.91 Å². The van der Waals surface area contributed by atoms with Crippen LogP contribution in [0.1, 0.15) is 19.3 Å². The molecule has 0 heterocycles. The van der Waals surface area contributed by atoms with Gasteiger partial charge >= 0.3 is 12.1 Å². The number of rotatable bonds is 7. The smallest absolute Gasteiger partial charge is 0.389 e. The lowest BCUT2D eigenvalue weighted by Gasteiger charge is -2.14. The Bertz CT molecular complexity index is 267. The van der Waals surface area contributed by atoms with Gasteiger partial charge in [0.05, 0.1) is 6.42 Å². The number of methoxy groups -OCH3 is 1. The van der Waals surface area contributed by atoms with Gasteiger partial charge in [0, 0.05) is 26.6 Å². The highest BCUT2D eigenvalue weighted by molar-refractivity contribution is 5.83. The fraction of sp³-hybridized carbons (Fsp3) is 0.778. The van der Waals surface area contributed by atoms with Crippen molar-refractivity contribution in [2.75, 3.05) is 13.7 Å². The number of hydrogen-bond donors (Lipinski definition) is 2. The minimum Gasteiger partial charge on any atom is -0.480 e. The molecule has 0 aromatic carbocycles. The Hall–Kier alpha value is -1.31. The molecule has 100 valence electrons. The number of hydrogen-bond acceptors (Lipinski definition) is 3. The molecule has 2 N–H and O–H groups in total. The molecule has 0 aliphatic carbocycles. The van der Waals surface area contributed by atoms with E-state index in [-0.39, 0.29) is 13.0 Å². The van der Waals surface area contributed by atoms with Crippen LogP contribution in [0.25, 0.3) is 0 Å². The third-order valence-corrected chi connectivity index (χ3v) is 1.88. The fourth-order valence-corrected chi connectivity index (χ4v) is 1.01. The van der Waals surface area contributed by atoms with E-state index in [2.05, 4.69) is 4.74 Å². The van der Waals surface area contributed by atoms with Gasteiger partial charge < -0.3 is 15.2 Å². The largest absolute Gasteiger partial charge is 0.480 e. The first-order valence-corrected chi connectivity index (χ1v) is 4.84. The van der Waals surface area contributed by atoms with Gasteiger partial charge in [-0.05, 0) is 0 Å². The number of carboxylic acids is 1. The van der Waals surface area contributed by atoms with Gasteiger partial charge in [0.25, 0.3) is 0 Å². The van der Waals surface area contributed by atoms with Gasteiger partial charge in [-0.15, -0.1) is 0 Å². The first-order valence-electron chi connectivity index (χ1n) is 4.84. The summed E-state index contributed by atoms with van der Waals surface area (Å²) in [5, 5.41) is 10.7. The Labute approximate surface area is 95.9 Å². The standard InChI is InChI=1S/C9H14F3NO4/c1-17-5-3-6(8(15)16)13-7(14)2-4-9(10,11)12/h6H,2-5H2,1H3,(H,13,14)(H,15,16). The Morgan fingerprint density at radius 3 is 2.41 bits per heavy atom. The number of carbonyl (C=O) groups excluding carboxylic acids is 1. The molecule has 17 heavy (non-hydrogen) atoms. The molecule has 1 amide bonds. The molecule has 5 nitrogen and oxygen atoms in total. The molecule has 0 saturated heterocycles. The normalized spacial score (nSPS) is 13.2. The van der Waals surface area contributed by atoms with Crippen molar-refractivity contribution in [1.82, 2.24) is 5.32 Å². The SMILES string of the molecule is COCCC(NC(=O)CCC(F)(F)F)C(=O)O. The van der Waals surface area contributed by atoms with Crippen molar-refractivity contribution < 1.29 is 32.6 Å². The van der Waals surface area contributed by atoms with E-state index in [4.69, 9.17) is 5.11 Å². The van der Waals surface area contributed by atoms with Crippen LogP contribution < -0.4 is 5.32 Å². The second-order valence-corrected chi connectivity index (χ2v) is 3.35. The predicted molar refractivity (Wildman–Crippen MR) is 51.3 cm³/mol. The number of nitrogens with one attached hydrogen (secondary N) is 1. The van der Waals surface area contributed by atoms with Crippen LogP contribution in [0.4, 0.5) is 13.2 Å². The summed E-state index contributed by atoms with van der Waals surface area (Å²) in [5.74, 6) is -2.24. The maximum Gasteiger partial charge on any atom is 0.389 e. The van der Waals surface area contributed by atoms with E-state index in [9.17, 15) is 22.8 Å². The number of halogens is 3. The lowest BCUT2D eigenvalue weighted by atomic mass is 10.2. The van der Waals surface area contributed by atoms with Gasteiger partial charge in [0.15, 0.2) is 0 Å². The van der Waals surface area contributed by atoms with Crippen molar-refractivity contribution in [3.63, 3.8) is 0 Å². The third kappa shape index (κ3) is 8.49. The van der Waals surface area contributed by atoms with Crippen LogP contribution in [-0.2, 0) is 14.3 Å². The second-order valence-electron chi connectivity index (χ2n) is 3.35. The van der Waals surface area contributed by atoms with Gasteiger partial charge in [-0.25, -0.2) is 4.79 Å². The molecule has 0 fully saturated rings. The van der Waals surface area contributed by atoms with Gasteiger partial charge in [-0.3, -0.25) is 4.79 Å². The average Bonchev–Trinajstić information content (AvgIpc) is 2.19. The first-order chi connectivity index (χ1) is 7.76. The van der Waals surface area contributed by atoms with Gasteiger partial charge in [0.1, 0.15) is 6.04 Å². The quantitative estimate of drug-likeness (QED) is 0.711. The van der Waals surface area contributed by atoms with Crippen LogP contribution in [0, 0.1) is 0 Å². The molecule has 8 heteroatoms. The third-order valence-electron chi connectivity index (χ3n) is 1.88. The van der Waals surface area contributed by atoms with Crippen LogP contribution in [-0.4, -0.2) is 42.9 Å². The van der Waals surface area contributed by atoms with Crippen LogP contribution in [0.15, 0.2) is 0 Å². The zero-order valence-corrected chi connectivity index (χ0v) is 9.21. The van der Waals surface area contributed by atoms with Crippen LogP contribution in [0.5, 0.6) is 0 Å². The molecule has 0 aromatic heterocycles. The summed E-state index contributed by atoms with van der Waals surface area (Å²) in [6.45, 7) is 0.0938. The number of carboxylic acid groups (broad SMARTS) is 1. The molecule has 1 unspecified atom stereocenters. The summed E-state index contributed by atoms with van der Waals surface area (Å²) in [6.07, 6.45) is -6.47. The van der Waals surface area contributed by atoms with E-state index in [1.807, 2.05) is 5.32 Å². The van der Waals surface area contributed by atoms with E-state index >= 15 is 0 Å². The molecule has 0 aromatic rings. The Morgan fingerprint density at radius 2 is 2.00 bits per heavy atom. The topological polar surface area (TPSA) is 75.6 Å².